The molecule has 0 aromatic rings. The van der Waals surface area contributed by atoms with E-state index in [0.29, 0.717) is 5.92 Å². The Bertz CT molecular complexity index is 755. The zero-order valence-corrected chi connectivity index (χ0v) is 20.9. The number of nitrogens with zero attached hydrogens (tertiary/aromatic N) is 4. The van der Waals surface area contributed by atoms with Gasteiger partial charge in [-0.05, 0) is 56.6 Å². The molecule has 5 rings (SSSR count). The van der Waals surface area contributed by atoms with Gasteiger partial charge in [0.2, 0.25) is 0 Å². The number of rotatable bonds is 4. The topological polar surface area (TPSA) is 43.3 Å². The summed E-state index contributed by atoms with van der Waals surface area (Å²) >= 11 is 2.03. The minimum atomic E-state index is 0.497. The maximum Gasteiger partial charge on any atom is 0.140 e. The third-order valence-electron chi connectivity index (χ3n) is 7.75. The van der Waals surface area contributed by atoms with Gasteiger partial charge in [0.05, 0.1) is 0 Å². The minimum absolute atomic E-state index is 0.497. The molecular formula is C26H41N5OS. The third-order valence-corrected chi connectivity index (χ3v) is 8.90. The van der Waals surface area contributed by atoms with E-state index < -0.39 is 0 Å². The molecule has 0 bridgehead atoms. The van der Waals surface area contributed by atoms with E-state index in [-0.39, 0.29) is 0 Å². The van der Waals surface area contributed by atoms with E-state index in [9.17, 15) is 0 Å². The van der Waals surface area contributed by atoms with Crippen LogP contribution in [0.4, 0.5) is 0 Å². The molecule has 0 amide bonds. The van der Waals surface area contributed by atoms with Gasteiger partial charge < -0.3 is 4.84 Å². The van der Waals surface area contributed by atoms with Crippen molar-refractivity contribution in [2.75, 3.05) is 31.9 Å². The second kappa shape index (κ2) is 11.8. The highest BCUT2D eigenvalue weighted by molar-refractivity contribution is 7.96. The molecule has 6 nitrogen and oxygen atoms in total. The van der Waals surface area contributed by atoms with E-state index in [1.54, 1.807) is 6.26 Å². The molecule has 1 aliphatic carbocycles. The molecule has 2 saturated heterocycles. The highest BCUT2D eigenvalue weighted by Crippen LogP contribution is 2.43. The van der Waals surface area contributed by atoms with Gasteiger partial charge in [0.15, 0.2) is 0 Å². The van der Waals surface area contributed by atoms with Crippen LogP contribution in [0.2, 0.25) is 0 Å². The van der Waals surface area contributed by atoms with Crippen LogP contribution < -0.4 is 5.43 Å². The zero-order valence-electron chi connectivity index (χ0n) is 20.1. The molecule has 0 aromatic heterocycles. The summed E-state index contributed by atoms with van der Waals surface area (Å²) in [7, 11) is 0. The maximum atomic E-state index is 5.58. The Morgan fingerprint density at radius 1 is 0.909 bits per heavy atom. The van der Waals surface area contributed by atoms with Gasteiger partial charge in [-0.3, -0.25) is 10.0 Å². The summed E-state index contributed by atoms with van der Waals surface area (Å²) in [6.45, 7) is 4.31. The average molecular weight is 472 g/mol. The fourth-order valence-electron chi connectivity index (χ4n) is 6.03. The predicted octanol–water partition coefficient (Wildman–Crippen LogP) is 5.60. The van der Waals surface area contributed by atoms with Gasteiger partial charge in [-0.1, -0.05) is 61.7 Å². The molecule has 1 N–H and O–H groups in total. The lowest BCUT2D eigenvalue weighted by atomic mass is 9.80. The molecule has 1 unspecified atom stereocenters. The lowest BCUT2D eigenvalue weighted by Crippen LogP contribution is -2.47. The van der Waals surface area contributed by atoms with Crippen molar-refractivity contribution in [3.8, 4) is 0 Å². The largest absolute Gasteiger partial charge is 0.364 e. The molecule has 7 heteroatoms. The quantitative estimate of drug-likeness (QED) is 0.425. The smallest absolute Gasteiger partial charge is 0.140 e. The number of hydrogen-bond acceptors (Lipinski definition) is 7. The number of nitrogens with one attached hydrogen (secondary N) is 1. The van der Waals surface area contributed by atoms with Crippen LogP contribution in [-0.2, 0) is 4.84 Å². The van der Waals surface area contributed by atoms with Crippen LogP contribution >= 0.6 is 11.9 Å². The van der Waals surface area contributed by atoms with Crippen LogP contribution in [-0.4, -0.2) is 52.1 Å². The van der Waals surface area contributed by atoms with E-state index in [2.05, 4.69) is 37.2 Å². The number of hydrogen-bond donors (Lipinski definition) is 1. The van der Waals surface area contributed by atoms with Crippen LogP contribution in [0, 0.1) is 11.8 Å². The van der Waals surface area contributed by atoms with Gasteiger partial charge in [-0.2, -0.15) is 4.41 Å². The first-order chi connectivity index (χ1) is 16.4. The maximum absolute atomic E-state index is 5.58. The first kappa shape index (κ1) is 23.3. The second-order valence-electron chi connectivity index (χ2n) is 10.0. The van der Waals surface area contributed by atoms with Crippen LogP contribution in [0.3, 0.4) is 0 Å². The van der Waals surface area contributed by atoms with Crippen molar-refractivity contribution in [2.45, 2.75) is 77.0 Å². The molecule has 33 heavy (non-hydrogen) atoms. The Balaban J connectivity index is 1.57. The van der Waals surface area contributed by atoms with E-state index in [1.165, 1.54) is 94.2 Å². The SMILES string of the molecule is C1=CON=C(C2=C(N3CCCCCN3)N(N3CCCCCS3)CC2C2CCCCCC2)C=C1. The van der Waals surface area contributed by atoms with Gasteiger partial charge in [0.25, 0.3) is 0 Å². The van der Waals surface area contributed by atoms with E-state index in [4.69, 9.17) is 4.84 Å². The Labute approximate surface area is 204 Å². The lowest BCUT2D eigenvalue weighted by molar-refractivity contribution is 0.0542. The summed E-state index contributed by atoms with van der Waals surface area (Å²) in [6.07, 6.45) is 23.8. The van der Waals surface area contributed by atoms with Crippen LogP contribution in [0.5, 0.6) is 0 Å². The Hall–Kier alpha value is -1.44. The Morgan fingerprint density at radius 2 is 1.73 bits per heavy atom. The number of hydrazine groups is 2. The molecule has 1 saturated carbocycles. The summed E-state index contributed by atoms with van der Waals surface area (Å²) in [5, 5.41) is 9.72. The summed E-state index contributed by atoms with van der Waals surface area (Å²) in [6, 6.07) is 0. The number of oxime groups is 1. The highest BCUT2D eigenvalue weighted by Gasteiger charge is 2.43. The summed E-state index contributed by atoms with van der Waals surface area (Å²) in [5.41, 5.74) is 6.21. The van der Waals surface area contributed by atoms with Gasteiger partial charge in [0.1, 0.15) is 17.8 Å². The van der Waals surface area contributed by atoms with Crippen LogP contribution in [0.15, 0.2) is 41.0 Å². The van der Waals surface area contributed by atoms with Crippen molar-refractivity contribution >= 4 is 17.7 Å². The minimum Gasteiger partial charge on any atom is -0.364 e. The molecule has 0 aromatic carbocycles. The molecule has 1 atom stereocenters. The van der Waals surface area contributed by atoms with Gasteiger partial charge in [-0.25, -0.2) is 5.43 Å². The van der Waals surface area contributed by atoms with Crippen molar-refractivity contribution in [1.82, 2.24) is 19.9 Å². The monoisotopic (exact) mass is 471 g/mol. The molecule has 0 spiro atoms. The number of allylic oxidation sites excluding steroid dienone is 3. The van der Waals surface area contributed by atoms with Gasteiger partial charge in [-0.15, -0.1) is 0 Å². The average Bonchev–Trinajstić information content (AvgIpc) is 3.30. The third kappa shape index (κ3) is 5.63. The first-order valence-electron chi connectivity index (χ1n) is 13.4. The van der Waals surface area contributed by atoms with Crippen LogP contribution in [0.25, 0.3) is 0 Å². The zero-order chi connectivity index (χ0) is 22.3. The summed E-state index contributed by atoms with van der Waals surface area (Å²) in [5.74, 6) is 3.78. The Kier molecular flexibility index (Phi) is 8.34. The lowest BCUT2D eigenvalue weighted by Gasteiger charge is -2.38. The molecule has 3 fully saturated rings. The van der Waals surface area contributed by atoms with Gasteiger partial charge >= 0.3 is 0 Å². The predicted molar refractivity (Wildman–Crippen MR) is 137 cm³/mol. The Morgan fingerprint density at radius 3 is 2.64 bits per heavy atom. The fraction of sp³-hybridized carbons (Fsp3) is 0.731. The standard InChI is InChI=1S/C26H41N5OS/c1-2-6-14-22(13-5-1)23-21-30(31-18-10-4-12-20-33-31)26(29-17-9-3-8-16-27-29)25(23)24-15-7-11-19-32-28-24/h7,11,15,19,22-23,27H,1-6,8-10,12-14,16-18,20-21H2. The fourth-order valence-corrected chi connectivity index (χ4v) is 7.12. The summed E-state index contributed by atoms with van der Waals surface area (Å²) < 4.78 is 2.59. The van der Waals surface area contributed by atoms with Crippen molar-refractivity contribution in [3.05, 3.63) is 35.9 Å². The normalized spacial score (nSPS) is 28.7. The van der Waals surface area contributed by atoms with E-state index in [0.717, 1.165) is 37.8 Å². The molecule has 4 heterocycles. The van der Waals surface area contributed by atoms with Crippen molar-refractivity contribution in [3.63, 3.8) is 0 Å². The summed E-state index contributed by atoms with van der Waals surface area (Å²) in [4.78, 5) is 5.58. The van der Waals surface area contributed by atoms with Crippen molar-refractivity contribution in [2.24, 2.45) is 17.0 Å². The van der Waals surface area contributed by atoms with Gasteiger partial charge in [0, 0.05) is 43.4 Å². The highest BCUT2D eigenvalue weighted by atomic mass is 32.2. The molecule has 5 aliphatic rings. The van der Waals surface area contributed by atoms with E-state index in [1.807, 2.05) is 18.0 Å². The molecule has 0 radical (unpaired) electrons. The second-order valence-corrected chi connectivity index (χ2v) is 11.1. The van der Waals surface area contributed by atoms with E-state index >= 15 is 0 Å². The molecule has 4 aliphatic heterocycles. The molecular weight excluding hydrogens is 430 g/mol. The van der Waals surface area contributed by atoms with Crippen molar-refractivity contribution < 1.29 is 4.84 Å². The molecule has 182 valence electrons. The first-order valence-corrected chi connectivity index (χ1v) is 14.4. The van der Waals surface area contributed by atoms with Crippen molar-refractivity contribution in [1.29, 1.82) is 0 Å². The van der Waals surface area contributed by atoms with Crippen LogP contribution in [0.1, 0.15) is 77.0 Å².